The van der Waals surface area contributed by atoms with E-state index in [1.807, 2.05) is 25.4 Å². The Morgan fingerprint density at radius 2 is 2.10 bits per heavy atom. The highest BCUT2D eigenvalue weighted by Gasteiger charge is 2.24. The van der Waals surface area contributed by atoms with E-state index in [-0.39, 0.29) is 18.6 Å². The largest absolute Gasteiger partial charge is 0.498 e. The molecule has 1 unspecified atom stereocenters. The first-order valence-corrected chi connectivity index (χ1v) is 9.62. The Morgan fingerprint density at radius 1 is 1.24 bits per heavy atom. The lowest BCUT2D eigenvalue weighted by Gasteiger charge is -2.26. The van der Waals surface area contributed by atoms with Crippen LogP contribution in [0.2, 0.25) is 0 Å². The van der Waals surface area contributed by atoms with Gasteiger partial charge in [-0.05, 0) is 24.8 Å². The Morgan fingerprint density at radius 3 is 2.93 bits per heavy atom. The zero-order valence-corrected chi connectivity index (χ0v) is 16.9. The van der Waals surface area contributed by atoms with Crippen LogP contribution in [-0.2, 0) is 20.8 Å². The first-order valence-electron chi connectivity index (χ1n) is 9.62. The monoisotopic (exact) mass is 398 g/mol. The minimum absolute atomic E-state index is 0.0108. The standard InChI is InChI=1S/C20H26N6O3/c1-25-6-7-26(2)17(27)11-29-16-8-14(4-5-15(16)28-3)24-20-18-13(10-25)9-21-19(18)22-12-23-20/h4-5,9,12,16H,6-8,10-11H2,1-3H3,(H2,21,22,23,24). The van der Waals surface area contributed by atoms with Crippen LogP contribution in [0.4, 0.5) is 5.82 Å². The number of likely N-dealkylation sites (N-methyl/N-ethyl adjacent to an activating group) is 2. The second-order valence-corrected chi connectivity index (χ2v) is 7.41. The Hall–Kier alpha value is -2.91. The van der Waals surface area contributed by atoms with Gasteiger partial charge >= 0.3 is 0 Å². The van der Waals surface area contributed by atoms with Crippen molar-refractivity contribution in [2.24, 2.45) is 0 Å². The molecule has 3 heterocycles. The zero-order valence-electron chi connectivity index (χ0n) is 16.9. The number of methoxy groups -OCH3 is 1. The van der Waals surface area contributed by atoms with Crippen LogP contribution in [-0.4, -0.2) is 77.7 Å². The number of allylic oxidation sites excluding steroid dienone is 2. The van der Waals surface area contributed by atoms with Gasteiger partial charge in [0.15, 0.2) is 0 Å². The van der Waals surface area contributed by atoms with Crippen LogP contribution in [0.25, 0.3) is 11.0 Å². The summed E-state index contributed by atoms with van der Waals surface area (Å²) in [7, 11) is 5.45. The molecule has 4 rings (SSSR count). The van der Waals surface area contributed by atoms with Crippen molar-refractivity contribution in [2.75, 3.05) is 46.2 Å². The molecule has 1 atom stereocenters. The van der Waals surface area contributed by atoms with Crippen molar-refractivity contribution in [1.82, 2.24) is 24.8 Å². The van der Waals surface area contributed by atoms with Gasteiger partial charge in [-0.1, -0.05) is 0 Å². The van der Waals surface area contributed by atoms with Crippen LogP contribution in [0, 0.1) is 0 Å². The minimum atomic E-state index is -0.333. The number of anilines is 1. The molecule has 9 nitrogen and oxygen atoms in total. The molecule has 2 aromatic rings. The summed E-state index contributed by atoms with van der Waals surface area (Å²) in [5.41, 5.74) is 2.83. The molecular weight excluding hydrogens is 372 g/mol. The number of aromatic amines is 1. The van der Waals surface area contributed by atoms with Gasteiger partial charge in [0.25, 0.3) is 0 Å². The highest BCUT2D eigenvalue weighted by Crippen LogP contribution is 2.28. The van der Waals surface area contributed by atoms with Crippen molar-refractivity contribution in [3.8, 4) is 0 Å². The van der Waals surface area contributed by atoms with Crippen LogP contribution in [0.15, 0.2) is 36.1 Å². The summed E-state index contributed by atoms with van der Waals surface area (Å²) in [6.45, 7) is 2.08. The number of fused-ring (bicyclic) bond motifs is 2. The molecule has 0 spiro atoms. The fourth-order valence-corrected chi connectivity index (χ4v) is 3.59. The van der Waals surface area contributed by atoms with E-state index < -0.39 is 0 Å². The third kappa shape index (κ3) is 4.10. The average molecular weight is 398 g/mol. The number of H-pyrrole nitrogens is 1. The lowest BCUT2D eigenvalue weighted by molar-refractivity contribution is -0.137. The van der Waals surface area contributed by atoms with Gasteiger partial charge in [-0.15, -0.1) is 0 Å². The molecule has 2 bridgehead atoms. The topological polar surface area (TPSA) is 95.6 Å². The maximum atomic E-state index is 12.5. The van der Waals surface area contributed by atoms with E-state index in [1.165, 1.54) is 0 Å². The van der Waals surface area contributed by atoms with Gasteiger partial charge in [0.2, 0.25) is 5.91 Å². The van der Waals surface area contributed by atoms with Gasteiger partial charge < -0.3 is 29.6 Å². The molecule has 0 saturated carbocycles. The Bertz CT molecular complexity index is 966. The molecule has 1 aliphatic heterocycles. The second kappa shape index (κ2) is 8.22. The van der Waals surface area contributed by atoms with Crippen molar-refractivity contribution in [2.45, 2.75) is 19.1 Å². The van der Waals surface area contributed by atoms with E-state index in [4.69, 9.17) is 9.47 Å². The molecule has 0 saturated heterocycles. The van der Waals surface area contributed by atoms with Gasteiger partial charge in [-0.2, -0.15) is 0 Å². The number of hydrogen-bond donors (Lipinski definition) is 2. The number of carbonyl (C=O) groups excluding carboxylic acids is 1. The molecule has 0 aromatic carbocycles. The summed E-state index contributed by atoms with van der Waals surface area (Å²) in [6, 6.07) is 0. The van der Waals surface area contributed by atoms with E-state index in [9.17, 15) is 4.79 Å². The smallest absolute Gasteiger partial charge is 0.248 e. The van der Waals surface area contributed by atoms with E-state index >= 15 is 0 Å². The number of hydrogen-bond acceptors (Lipinski definition) is 7. The van der Waals surface area contributed by atoms with Crippen LogP contribution in [0.1, 0.15) is 12.0 Å². The fraction of sp³-hybridized carbons (Fsp3) is 0.450. The number of rotatable bonds is 1. The Balaban J connectivity index is 1.71. The van der Waals surface area contributed by atoms with Crippen LogP contribution in [0.3, 0.4) is 0 Å². The van der Waals surface area contributed by atoms with Crippen LogP contribution in [0.5, 0.6) is 0 Å². The predicted octanol–water partition coefficient (Wildman–Crippen LogP) is 1.48. The van der Waals surface area contributed by atoms with E-state index in [1.54, 1.807) is 25.4 Å². The summed E-state index contributed by atoms with van der Waals surface area (Å²) in [5.74, 6) is 1.40. The number of aromatic nitrogens is 3. The summed E-state index contributed by atoms with van der Waals surface area (Å²) in [6.07, 6.45) is 7.56. The summed E-state index contributed by atoms with van der Waals surface area (Å²) >= 11 is 0. The second-order valence-electron chi connectivity index (χ2n) is 7.41. The van der Waals surface area contributed by atoms with Gasteiger partial charge in [-0.3, -0.25) is 4.79 Å². The molecular formula is C20H26N6O3. The molecule has 29 heavy (non-hydrogen) atoms. The summed E-state index contributed by atoms with van der Waals surface area (Å²) in [5, 5.41) is 4.40. The zero-order chi connectivity index (χ0) is 20.4. The van der Waals surface area contributed by atoms with Gasteiger partial charge in [0, 0.05) is 45.0 Å². The van der Waals surface area contributed by atoms with Crippen molar-refractivity contribution >= 4 is 22.8 Å². The summed E-state index contributed by atoms with van der Waals surface area (Å²) in [4.78, 5) is 28.4. The third-order valence-corrected chi connectivity index (χ3v) is 5.33. The SMILES string of the molecule is COC1=CC=C2CC1OCC(=O)N(C)CCN(C)Cc1c[nH]c3ncnc(c13)N2. The fourth-order valence-electron chi connectivity index (χ4n) is 3.59. The lowest BCUT2D eigenvalue weighted by Crippen LogP contribution is -2.37. The highest BCUT2D eigenvalue weighted by atomic mass is 16.5. The molecule has 2 aliphatic rings. The van der Waals surface area contributed by atoms with Crippen molar-refractivity contribution in [1.29, 1.82) is 0 Å². The molecule has 2 aromatic heterocycles. The van der Waals surface area contributed by atoms with Crippen LogP contribution < -0.4 is 5.32 Å². The molecule has 154 valence electrons. The number of nitrogens with one attached hydrogen (secondary N) is 2. The van der Waals surface area contributed by atoms with Gasteiger partial charge in [0.1, 0.15) is 36.3 Å². The number of ether oxygens (including phenoxy) is 2. The quantitative estimate of drug-likeness (QED) is 0.751. The predicted molar refractivity (Wildman–Crippen MR) is 109 cm³/mol. The maximum Gasteiger partial charge on any atom is 0.248 e. The molecule has 0 radical (unpaired) electrons. The van der Waals surface area contributed by atoms with E-state index in [2.05, 4.69) is 25.2 Å². The van der Waals surface area contributed by atoms with Gasteiger partial charge in [-0.25, -0.2) is 9.97 Å². The van der Waals surface area contributed by atoms with E-state index in [0.29, 0.717) is 18.7 Å². The highest BCUT2D eigenvalue weighted by molar-refractivity contribution is 5.91. The Kier molecular flexibility index (Phi) is 5.50. The number of carbonyl (C=O) groups is 1. The van der Waals surface area contributed by atoms with Crippen LogP contribution >= 0.6 is 0 Å². The van der Waals surface area contributed by atoms with Crippen molar-refractivity contribution in [3.05, 3.63) is 41.7 Å². The number of nitrogens with zero attached hydrogens (tertiary/aromatic N) is 4. The lowest BCUT2D eigenvalue weighted by atomic mass is 10.1. The van der Waals surface area contributed by atoms with E-state index in [0.717, 1.165) is 41.2 Å². The third-order valence-electron chi connectivity index (χ3n) is 5.33. The number of amides is 1. The maximum absolute atomic E-state index is 12.5. The summed E-state index contributed by atoms with van der Waals surface area (Å²) < 4.78 is 11.4. The average Bonchev–Trinajstić information content (AvgIpc) is 3.13. The molecule has 2 N–H and O–H groups in total. The Labute approximate surface area is 169 Å². The molecule has 9 heteroatoms. The first-order chi connectivity index (χ1) is 14.0. The molecule has 1 amide bonds. The van der Waals surface area contributed by atoms with Gasteiger partial charge in [0.05, 0.1) is 12.5 Å². The normalized spacial score (nSPS) is 21.7. The van der Waals surface area contributed by atoms with Crippen molar-refractivity contribution in [3.63, 3.8) is 0 Å². The van der Waals surface area contributed by atoms with Crippen molar-refractivity contribution < 1.29 is 14.3 Å². The molecule has 0 fully saturated rings. The minimum Gasteiger partial charge on any atom is -0.498 e. The first kappa shape index (κ1) is 19.4. The molecule has 1 aliphatic carbocycles.